The van der Waals surface area contributed by atoms with Crippen LogP contribution >= 0.6 is 0 Å². The zero-order valence-electron chi connectivity index (χ0n) is 11.6. The Kier molecular flexibility index (Phi) is 4.60. The summed E-state index contributed by atoms with van der Waals surface area (Å²) in [6.45, 7) is 0.383. The average molecular weight is 271 g/mol. The summed E-state index contributed by atoms with van der Waals surface area (Å²) in [6, 6.07) is 14.6. The molecule has 1 amide bonds. The third kappa shape index (κ3) is 3.29. The lowest BCUT2D eigenvalue weighted by atomic mass is 10.1. The van der Waals surface area contributed by atoms with E-state index in [1.807, 2.05) is 36.4 Å². The minimum absolute atomic E-state index is 0.115. The van der Waals surface area contributed by atoms with Gasteiger partial charge in [-0.05, 0) is 30.3 Å². The number of amides is 1. The second-order valence-electron chi connectivity index (χ2n) is 4.23. The lowest BCUT2D eigenvalue weighted by molar-refractivity contribution is 0.0950. The van der Waals surface area contributed by atoms with Crippen LogP contribution in [0.2, 0.25) is 0 Å². The van der Waals surface area contributed by atoms with Crippen LogP contribution in [0.15, 0.2) is 48.5 Å². The lowest BCUT2D eigenvalue weighted by Crippen LogP contribution is -2.22. The molecule has 2 aromatic carbocycles. The summed E-state index contributed by atoms with van der Waals surface area (Å²) < 4.78 is 10.5. The fourth-order valence-electron chi connectivity index (χ4n) is 1.89. The fraction of sp³-hybridized carbons (Fsp3) is 0.188. The number of nitrogens with one attached hydrogen (secondary N) is 1. The zero-order valence-corrected chi connectivity index (χ0v) is 11.6. The van der Waals surface area contributed by atoms with E-state index in [9.17, 15) is 4.79 Å². The van der Waals surface area contributed by atoms with Gasteiger partial charge in [-0.1, -0.05) is 18.2 Å². The standard InChI is InChI=1S/C16H17NO3/c1-19-14-8-9-15(20-2)13(10-14)11-17-16(18)12-6-4-3-5-7-12/h3-10H,11H2,1-2H3,(H,17,18). The molecule has 0 aliphatic carbocycles. The van der Waals surface area contributed by atoms with Crippen molar-refractivity contribution in [2.45, 2.75) is 6.54 Å². The van der Waals surface area contributed by atoms with Crippen molar-refractivity contribution in [2.75, 3.05) is 14.2 Å². The summed E-state index contributed by atoms with van der Waals surface area (Å²) in [6.07, 6.45) is 0. The van der Waals surface area contributed by atoms with Crippen LogP contribution in [0.4, 0.5) is 0 Å². The molecule has 0 atom stereocenters. The van der Waals surface area contributed by atoms with Crippen molar-refractivity contribution in [1.82, 2.24) is 5.32 Å². The van der Waals surface area contributed by atoms with Crippen molar-refractivity contribution in [3.05, 3.63) is 59.7 Å². The van der Waals surface area contributed by atoms with Gasteiger partial charge in [0, 0.05) is 17.7 Å². The Morgan fingerprint density at radius 2 is 1.80 bits per heavy atom. The van der Waals surface area contributed by atoms with Gasteiger partial charge in [0.05, 0.1) is 14.2 Å². The maximum absolute atomic E-state index is 12.0. The van der Waals surface area contributed by atoms with Crippen LogP contribution in [0.5, 0.6) is 11.5 Å². The van der Waals surface area contributed by atoms with E-state index < -0.39 is 0 Å². The molecule has 0 aromatic heterocycles. The predicted molar refractivity (Wildman–Crippen MR) is 77.2 cm³/mol. The van der Waals surface area contributed by atoms with Crippen molar-refractivity contribution in [2.24, 2.45) is 0 Å². The summed E-state index contributed by atoms with van der Waals surface area (Å²) >= 11 is 0. The van der Waals surface area contributed by atoms with Crippen molar-refractivity contribution >= 4 is 5.91 Å². The van der Waals surface area contributed by atoms with Gasteiger partial charge in [0.15, 0.2) is 0 Å². The van der Waals surface area contributed by atoms with Gasteiger partial charge in [0.2, 0.25) is 0 Å². The molecule has 0 aliphatic heterocycles. The number of hydrogen-bond donors (Lipinski definition) is 1. The number of rotatable bonds is 5. The molecular formula is C16H17NO3. The summed E-state index contributed by atoms with van der Waals surface area (Å²) in [5, 5.41) is 2.87. The summed E-state index contributed by atoms with van der Waals surface area (Å²) in [4.78, 5) is 12.0. The first-order valence-electron chi connectivity index (χ1n) is 6.28. The molecule has 0 fully saturated rings. The number of benzene rings is 2. The Balaban J connectivity index is 2.08. The van der Waals surface area contributed by atoms with Crippen molar-refractivity contribution in [3.8, 4) is 11.5 Å². The molecule has 20 heavy (non-hydrogen) atoms. The predicted octanol–water partition coefficient (Wildman–Crippen LogP) is 2.63. The van der Waals surface area contributed by atoms with Crippen LogP contribution in [0, 0.1) is 0 Å². The number of ether oxygens (including phenoxy) is 2. The van der Waals surface area contributed by atoms with E-state index >= 15 is 0 Å². The molecule has 2 aromatic rings. The van der Waals surface area contributed by atoms with Gasteiger partial charge < -0.3 is 14.8 Å². The number of hydrogen-bond acceptors (Lipinski definition) is 3. The van der Waals surface area contributed by atoms with Crippen LogP contribution in [-0.4, -0.2) is 20.1 Å². The molecular weight excluding hydrogens is 254 g/mol. The van der Waals surface area contributed by atoms with E-state index in [4.69, 9.17) is 9.47 Å². The van der Waals surface area contributed by atoms with Crippen LogP contribution in [0.1, 0.15) is 15.9 Å². The lowest BCUT2D eigenvalue weighted by Gasteiger charge is -2.11. The molecule has 0 unspecified atom stereocenters. The smallest absolute Gasteiger partial charge is 0.251 e. The van der Waals surface area contributed by atoms with Gasteiger partial charge in [-0.3, -0.25) is 4.79 Å². The third-order valence-electron chi connectivity index (χ3n) is 2.96. The first-order chi connectivity index (χ1) is 9.74. The summed E-state index contributed by atoms with van der Waals surface area (Å²) in [7, 11) is 3.21. The highest BCUT2D eigenvalue weighted by molar-refractivity contribution is 5.94. The van der Waals surface area contributed by atoms with Crippen molar-refractivity contribution in [1.29, 1.82) is 0 Å². The second-order valence-corrected chi connectivity index (χ2v) is 4.23. The van der Waals surface area contributed by atoms with Gasteiger partial charge in [-0.15, -0.1) is 0 Å². The van der Waals surface area contributed by atoms with E-state index in [0.29, 0.717) is 12.1 Å². The molecule has 104 valence electrons. The van der Waals surface area contributed by atoms with Crippen LogP contribution in [-0.2, 0) is 6.54 Å². The first-order valence-corrected chi connectivity index (χ1v) is 6.28. The quantitative estimate of drug-likeness (QED) is 0.909. The molecule has 0 aliphatic rings. The highest BCUT2D eigenvalue weighted by atomic mass is 16.5. The number of carbonyl (C=O) groups is 1. The fourth-order valence-corrected chi connectivity index (χ4v) is 1.89. The maximum Gasteiger partial charge on any atom is 0.251 e. The monoisotopic (exact) mass is 271 g/mol. The normalized spacial score (nSPS) is 9.90. The van der Waals surface area contributed by atoms with Crippen molar-refractivity contribution < 1.29 is 14.3 Å². The molecule has 2 rings (SSSR count). The molecule has 0 spiro atoms. The molecule has 0 saturated carbocycles. The number of carbonyl (C=O) groups excluding carboxylic acids is 1. The Hall–Kier alpha value is -2.49. The van der Waals surface area contributed by atoms with E-state index in [-0.39, 0.29) is 5.91 Å². The minimum Gasteiger partial charge on any atom is -0.497 e. The van der Waals surface area contributed by atoms with Gasteiger partial charge in [0.1, 0.15) is 11.5 Å². The third-order valence-corrected chi connectivity index (χ3v) is 2.96. The van der Waals surface area contributed by atoms with E-state index in [1.54, 1.807) is 26.4 Å². The van der Waals surface area contributed by atoms with E-state index in [1.165, 1.54) is 0 Å². The molecule has 4 nitrogen and oxygen atoms in total. The Morgan fingerprint density at radius 3 is 2.45 bits per heavy atom. The summed E-state index contributed by atoms with van der Waals surface area (Å²) in [5.41, 5.74) is 1.51. The molecule has 0 bridgehead atoms. The zero-order chi connectivity index (χ0) is 14.4. The number of methoxy groups -OCH3 is 2. The molecule has 0 radical (unpaired) electrons. The van der Waals surface area contributed by atoms with E-state index in [2.05, 4.69) is 5.32 Å². The van der Waals surface area contributed by atoms with Crippen molar-refractivity contribution in [3.63, 3.8) is 0 Å². The van der Waals surface area contributed by atoms with Gasteiger partial charge >= 0.3 is 0 Å². The largest absolute Gasteiger partial charge is 0.497 e. The topological polar surface area (TPSA) is 47.6 Å². The molecule has 0 heterocycles. The van der Waals surface area contributed by atoms with Gasteiger partial charge in [0.25, 0.3) is 5.91 Å². The van der Waals surface area contributed by atoms with Crippen LogP contribution in [0.25, 0.3) is 0 Å². The van der Waals surface area contributed by atoms with E-state index in [0.717, 1.165) is 17.1 Å². The Bertz CT molecular complexity index is 582. The second kappa shape index (κ2) is 6.61. The van der Waals surface area contributed by atoms with Crippen LogP contribution < -0.4 is 14.8 Å². The maximum atomic E-state index is 12.0. The minimum atomic E-state index is -0.115. The average Bonchev–Trinajstić information content (AvgIpc) is 2.53. The highest BCUT2D eigenvalue weighted by Gasteiger charge is 2.08. The Labute approximate surface area is 118 Å². The Morgan fingerprint density at radius 1 is 1.05 bits per heavy atom. The summed E-state index contributed by atoms with van der Waals surface area (Å²) in [5.74, 6) is 1.34. The molecule has 4 heteroatoms. The van der Waals surface area contributed by atoms with Crippen LogP contribution in [0.3, 0.4) is 0 Å². The molecule has 0 saturated heterocycles. The van der Waals surface area contributed by atoms with Gasteiger partial charge in [-0.25, -0.2) is 0 Å². The highest BCUT2D eigenvalue weighted by Crippen LogP contribution is 2.23. The molecule has 1 N–H and O–H groups in total. The first kappa shape index (κ1) is 13.9. The SMILES string of the molecule is COc1ccc(OC)c(CNC(=O)c2ccccc2)c1. The van der Waals surface area contributed by atoms with Gasteiger partial charge in [-0.2, -0.15) is 0 Å².